The molecule has 7 N–H and O–H groups in total. The Morgan fingerprint density at radius 3 is 2.47 bits per heavy atom. The molecule has 0 heterocycles. The first-order valence-electron chi connectivity index (χ1n) is 4.73. The third kappa shape index (κ3) is 7.86. The SMILES string of the molecule is NCCNCCNC(=O)C[C@H](N)C(=O)O. The van der Waals surface area contributed by atoms with Crippen molar-refractivity contribution in [3.63, 3.8) is 0 Å². The third-order valence-electron chi connectivity index (χ3n) is 1.67. The molecule has 15 heavy (non-hydrogen) atoms. The van der Waals surface area contributed by atoms with Gasteiger partial charge in [0.1, 0.15) is 6.04 Å². The second kappa shape index (κ2) is 8.16. The number of nitrogens with one attached hydrogen (secondary N) is 2. The van der Waals surface area contributed by atoms with E-state index in [-0.39, 0.29) is 12.3 Å². The molecule has 88 valence electrons. The lowest BCUT2D eigenvalue weighted by molar-refractivity contribution is -0.140. The number of nitrogens with two attached hydrogens (primary N) is 2. The Morgan fingerprint density at radius 2 is 1.93 bits per heavy atom. The molecular weight excluding hydrogens is 200 g/mol. The average molecular weight is 218 g/mol. The number of aliphatic carboxylic acids is 1. The molecule has 0 aromatic carbocycles. The van der Waals surface area contributed by atoms with E-state index in [1.165, 1.54) is 0 Å². The van der Waals surface area contributed by atoms with Crippen molar-refractivity contribution in [1.82, 2.24) is 10.6 Å². The molecule has 1 amide bonds. The molecule has 0 aromatic rings. The molecule has 7 nitrogen and oxygen atoms in total. The fraction of sp³-hybridized carbons (Fsp3) is 0.750. The predicted molar refractivity (Wildman–Crippen MR) is 55.2 cm³/mol. The summed E-state index contributed by atoms with van der Waals surface area (Å²) in [7, 11) is 0. The first kappa shape index (κ1) is 13.8. The maximum Gasteiger partial charge on any atom is 0.321 e. The van der Waals surface area contributed by atoms with E-state index in [9.17, 15) is 9.59 Å². The van der Waals surface area contributed by atoms with Crippen LogP contribution in [0.2, 0.25) is 0 Å². The summed E-state index contributed by atoms with van der Waals surface area (Å²) in [6.45, 7) is 2.26. The van der Waals surface area contributed by atoms with Crippen LogP contribution in [-0.2, 0) is 9.59 Å². The summed E-state index contributed by atoms with van der Waals surface area (Å²) < 4.78 is 0. The van der Waals surface area contributed by atoms with E-state index in [0.29, 0.717) is 26.2 Å². The van der Waals surface area contributed by atoms with Crippen LogP contribution in [0.4, 0.5) is 0 Å². The molecule has 0 saturated carbocycles. The van der Waals surface area contributed by atoms with Gasteiger partial charge in [-0.3, -0.25) is 9.59 Å². The lowest BCUT2D eigenvalue weighted by Gasteiger charge is -2.08. The van der Waals surface area contributed by atoms with E-state index in [2.05, 4.69) is 10.6 Å². The number of amides is 1. The van der Waals surface area contributed by atoms with Crippen LogP contribution in [0.1, 0.15) is 6.42 Å². The van der Waals surface area contributed by atoms with Crippen LogP contribution in [-0.4, -0.2) is 49.2 Å². The zero-order valence-corrected chi connectivity index (χ0v) is 8.53. The number of carbonyl (C=O) groups is 2. The van der Waals surface area contributed by atoms with E-state index >= 15 is 0 Å². The third-order valence-corrected chi connectivity index (χ3v) is 1.67. The molecule has 0 aliphatic carbocycles. The highest BCUT2D eigenvalue weighted by Gasteiger charge is 2.15. The quantitative estimate of drug-likeness (QED) is 0.285. The maximum atomic E-state index is 11.1. The topological polar surface area (TPSA) is 130 Å². The Balaban J connectivity index is 3.45. The number of rotatable bonds is 8. The second-order valence-corrected chi connectivity index (χ2v) is 3.04. The van der Waals surface area contributed by atoms with Crippen molar-refractivity contribution in [2.75, 3.05) is 26.2 Å². The van der Waals surface area contributed by atoms with Crippen LogP contribution >= 0.6 is 0 Å². The van der Waals surface area contributed by atoms with Gasteiger partial charge in [0, 0.05) is 26.2 Å². The minimum atomic E-state index is -1.17. The zero-order chi connectivity index (χ0) is 11.7. The Hall–Kier alpha value is -1.18. The highest BCUT2D eigenvalue weighted by molar-refractivity contribution is 5.84. The van der Waals surface area contributed by atoms with Gasteiger partial charge in [0.05, 0.1) is 6.42 Å². The van der Waals surface area contributed by atoms with E-state index in [1.807, 2.05) is 0 Å². The molecule has 0 aliphatic rings. The van der Waals surface area contributed by atoms with Gasteiger partial charge in [0.15, 0.2) is 0 Å². The van der Waals surface area contributed by atoms with Gasteiger partial charge in [0.2, 0.25) is 5.91 Å². The summed E-state index contributed by atoms with van der Waals surface area (Å²) in [5, 5.41) is 14.0. The summed E-state index contributed by atoms with van der Waals surface area (Å²) in [6.07, 6.45) is -0.202. The fourth-order valence-electron chi connectivity index (χ4n) is 0.877. The number of carboxylic acids is 1. The van der Waals surface area contributed by atoms with Crippen LogP contribution < -0.4 is 22.1 Å². The summed E-state index contributed by atoms with van der Waals surface area (Å²) in [5.74, 6) is -1.54. The summed E-state index contributed by atoms with van der Waals surface area (Å²) in [5.41, 5.74) is 10.4. The van der Waals surface area contributed by atoms with E-state index in [4.69, 9.17) is 16.6 Å². The van der Waals surface area contributed by atoms with Gasteiger partial charge in [-0.15, -0.1) is 0 Å². The lowest BCUT2D eigenvalue weighted by atomic mass is 10.2. The van der Waals surface area contributed by atoms with Crippen molar-refractivity contribution >= 4 is 11.9 Å². The van der Waals surface area contributed by atoms with E-state index in [0.717, 1.165) is 0 Å². The van der Waals surface area contributed by atoms with E-state index < -0.39 is 12.0 Å². The van der Waals surface area contributed by atoms with Crippen LogP contribution in [0, 0.1) is 0 Å². The van der Waals surface area contributed by atoms with Crippen molar-refractivity contribution in [2.45, 2.75) is 12.5 Å². The lowest BCUT2D eigenvalue weighted by Crippen LogP contribution is -2.39. The Kier molecular flexibility index (Phi) is 7.51. The first-order chi connectivity index (χ1) is 7.07. The van der Waals surface area contributed by atoms with Crippen molar-refractivity contribution in [2.24, 2.45) is 11.5 Å². The van der Waals surface area contributed by atoms with Crippen molar-refractivity contribution in [1.29, 1.82) is 0 Å². The van der Waals surface area contributed by atoms with Crippen molar-refractivity contribution < 1.29 is 14.7 Å². The smallest absolute Gasteiger partial charge is 0.321 e. The van der Waals surface area contributed by atoms with Crippen LogP contribution in [0.25, 0.3) is 0 Å². The molecule has 1 atom stereocenters. The highest BCUT2D eigenvalue weighted by Crippen LogP contribution is 1.87. The second-order valence-electron chi connectivity index (χ2n) is 3.04. The first-order valence-corrected chi connectivity index (χ1v) is 4.73. The number of hydrogen-bond donors (Lipinski definition) is 5. The minimum Gasteiger partial charge on any atom is -0.480 e. The van der Waals surface area contributed by atoms with Crippen molar-refractivity contribution in [3.05, 3.63) is 0 Å². The standard InChI is InChI=1S/C8H18N4O3/c9-1-2-11-3-4-12-7(13)5-6(10)8(14)15/h6,11H,1-5,9-10H2,(H,12,13)(H,14,15)/t6-/m0/s1. The monoisotopic (exact) mass is 218 g/mol. The molecule has 0 bridgehead atoms. The molecule has 0 rings (SSSR count). The molecule has 7 heteroatoms. The van der Waals surface area contributed by atoms with Gasteiger partial charge in [-0.1, -0.05) is 0 Å². The predicted octanol–water partition coefficient (Wildman–Crippen LogP) is -2.55. The molecule has 0 fully saturated rings. The molecule has 0 saturated heterocycles. The Bertz CT molecular complexity index is 210. The number of carboxylic acid groups (broad SMARTS) is 1. The normalized spacial score (nSPS) is 12.1. The largest absolute Gasteiger partial charge is 0.480 e. The van der Waals surface area contributed by atoms with Crippen LogP contribution in [0.15, 0.2) is 0 Å². The van der Waals surface area contributed by atoms with Crippen LogP contribution in [0.3, 0.4) is 0 Å². The van der Waals surface area contributed by atoms with Crippen molar-refractivity contribution in [3.8, 4) is 0 Å². The van der Waals surface area contributed by atoms with Gasteiger partial charge >= 0.3 is 5.97 Å². The molecule has 0 aromatic heterocycles. The molecule has 0 spiro atoms. The van der Waals surface area contributed by atoms with Crippen LogP contribution in [0.5, 0.6) is 0 Å². The number of carbonyl (C=O) groups excluding carboxylic acids is 1. The molecule has 0 aliphatic heterocycles. The van der Waals surface area contributed by atoms with Gasteiger partial charge < -0.3 is 27.2 Å². The van der Waals surface area contributed by atoms with Gasteiger partial charge in [0.25, 0.3) is 0 Å². The summed E-state index contributed by atoms with van der Waals surface area (Å²) >= 11 is 0. The molecular formula is C8H18N4O3. The summed E-state index contributed by atoms with van der Waals surface area (Å²) in [6, 6.07) is -1.14. The fourth-order valence-corrected chi connectivity index (χ4v) is 0.877. The highest BCUT2D eigenvalue weighted by atomic mass is 16.4. The molecule has 0 unspecified atom stereocenters. The van der Waals surface area contributed by atoms with Gasteiger partial charge in [-0.05, 0) is 0 Å². The Morgan fingerprint density at radius 1 is 1.27 bits per heavy atom. The Labute approximate surface area is 88.2 Å². The maximum absolute atomic E-state index is 11.1. The van der Waals surface area contributed by atoms with E-state index in [1.54, 1.807) is 0 Å². The van der Waals surface area contributed by atoms with Gasteiger partial charge in [-0.25, -0.2) is 0 Å². The minimum absolute atomic E-state index is 0.202. The number of hydrogen-bond acceptors (Lipinski definition) is 5. The zero-order valence-electron chi connectivity index (χ0n) is 8.53. The summed E-state index contributed by atoms with van der Waals surface area (Å²) in [4.78, 5) is 21.4. The molecule has 0 radical (unpaired) electrons. The average Bonchev–Trinajstić information content (AvgIpc) is 2.17. The van der Waals surface area contributed by atoms with Gasteiger partial charge in [-0.2, -0.15) is 0 Å².